The summed E-state index contributed by atoms with van der Waals surface area (Å²) in [6, 6.07) is 10.1. The summed E-state index contributed by atoms with van der Waals surface area (Å²) in [6.45, 7) is 6.82. The van der Waals surface area contributed by atoms with E-state index in [-0.39, 0.29) is 24.5 Å². The average Bonchev–Trinajstić information content (AvgIpc) is 2.83. The van der Waals surface area contributed by atoms with Crippen molar-refractivity contribution < 1.29 is 33.4 Å². The molecule has 38 heavy (non-hydrogen) atoms. The highest BCUT2D eigenvalue weighted by Gasteiger charge is 2.23. The van der Waals surface area contributed by atoms with Crippen LogP contribution in [0.1, 0.15) is 64.4 Å². The Balaban J connectivity index is 0.00000434. The third-order valence-electron chi connectivity index (χ3n) is 5.44. The molecule has 1 atom stereocenters. The highest BCUT2D eigenvalue weighted by atomic mass is 16.5. The Morgan fingerprint density at radius 1 is 0.974 bits per heavy atom. The fraction of sp³-hybridized carbons (Fsp3) is 0.690. The number of quaternary nitrogens is 1. The number of benzene rings is 1. The van der Waals surface area contributed by atoms with E-state index in [9.17, 15) is 9.59 Å². The lowest BCUT2D eigenvalue weighted by Crippen LogP contribution is -2.52. The number of aryl methyl sites for hydroxylation is 1. The molecule has 1 rings (SSSR count). The van der Waals surface area contributed by atoms with Crippen molar-refractivity contribution in [2.24, 2.45) is 5.92 Å². The number of likely N-dealkylation sites (N-methyl/N-ethyl adjacent to an activating group) is 1. The number of unbranched alkanes of at least 4 members (excludes halogenated alkanes) is 4. The minimum absolute atomic E-state index is 0.182. The summed E-state index contributed by atoms with van der Waals surface area (Å²) in [5.74, 6) is 0.0272. The zero-order valence-electron chi connectivity index (χ0n) is 24.2. The Morgan fingerprint density at radius 3 is 2.18 bits per heavy atom. The average molecular weight is 538 g/mol. The number of hydrogen-bond donors (Lipinski definition) is 2. The molecule has 2 amide bonds. The molecule has 0 heterocycles. The molecule has 1 aromatic rings. The molecule has 9 heteroatoms. The number of hydrogen-bond acceptors (Lipinski definition) is 6. The predicted molar refractivity (Wildman–Crippen MR) is 148 cm³/mol. The molecule has 0 aliphatic carbocycles. The molecule has 9 nitrogen and oxygen atoms in total. The highest BCUT2D eigenvalue weighted by molar-refractivity contribution is 5.76. The first-order chi connectivity index (χ1) is 18.1. The van der Waals surface area contributed by atoms with Crippen LogP contribution >= 0.6 is 0 Å². The summed E-state index contributed by atoms with van der Waals surface area (Å²) >= 11 is 0. The van der Waals surface area contributed by atoms with Gasteiger partial charge in [0, 0.05) is 26.2 Å². The van der Waals surface area contributed by atoms with Crippen molar-refractivity contribution in [3.8, 4) is 0 Å². The maximum Gasteiger partial charge on any atom is 0.315 e. The van der Waals surface area contributed by atoms with Gasteiger partial charge in [-0.15, -0.1) is 0 Å². The number of carboxylic acid groups (broad SMARTS) is 1. The lowest BCUT2D eigenvalue weighted by Gasteiger charge is -2.29. The number of amides is 2. The summed E-state index contributed by atoms with van der Waals surface area (Å²) in [4.78, 5) is 32.7. The molecule has 1 aromatic carbocycles. The van der Waals surface area contributed by atoms with E-state index in [0.717, 1.165) is 58.2 Å². The smallest absolute Gasteiger partial charge is 0.315 e. The lowest BCUT2D eigenvalue weighted by molar-refractivity contribution is -0.871. The summed E-state index contributed by atoms with van der Waals surface area (Å²) in [5.41, 5.74) is 1.39. The second-order valence-electron chi connectivity index (χ2n) is 10.9. The third kappa shape index (κ3) is 23.7. The molecule has 0 aromatic heterocycles. The van der Waals surface area contributed by atoms with Gasteiger partial charge in [-0.3, -0.25) is 4.79 Å². The lowest BCUT2D eigenvalue weighted by atomic mass is 10.1. The first kappa shape index (κ1) is 35.4. The van der Waals surface area contributed by atoms with E-state index in [4.69, 9.17) is 19.4 Å². The van der Waals surface area contributed by atoms with E-state index in [0.29, 0.717) is 30.1 Å². The normalized spacial score (nSPS) is 11.7. The van der Waals surface area contributed by atoms with Crippen molar-refractivity contribution in [2.45, 2.75) is 71.3 Å². The number of esters is 1. The van der Waals surface area contributed by atoms with Gasteiger partial charge in [0.05, 0.1) is 46.8 Å². The van der Waals surface area contributed by atoms with Crippen LogP contribution in [0.4, 0.5) is 4.79 Å². The Hall–Kier alpha value is -2.65. The molecule has 0 saturated heterocycles. The van der Waals surface area contributed by atoms with Crippen LogP contribution in [0.15, 0.2) is 30.3 Å². The van der Waals surface area contributed by atoms with E-state index in [2.05, 4.69) is 41.0 Å². The van der Waals surface area contributed by atoms with Gasteiger partial charge in [-0.25, -0.2) is 4.79 Å². The van der Waals surface area contributed by atoms with Crippen LogP contribution in [0.2, 0.25) is 0 Å². The second kappa shape index (κ2) is 22.3. The van der Waals surface area contributed by atoms with Crippen LogP contribution in [0.25, 0.3) is 0 Å². The largest absolute Gasteiger partial charge is 0.554 e. The minimum atomic E-state index is -0.500. The maximum absolute atomic E-state index is 12.3. The van der Waals surface area contributed by atoms with E-state index in [1.165, 1.54) is 5.56 Å². The fourth-order valence-electron chi connectivity index (χ4n) is 3.74. The molecule has 0 saturated carbocycles. The topological polar surface area (TPSA) is 117 Å². The van der Waals surface area contributed by atoms with Crippen LogP contribution in [-0.4, -0.2) is 83.1 Å². The van der Waals surface area contributed by atoms with Crippen LogP contribution in [0.5, 0.6) is 0 Å². The van der Waals surface area contributed by atoms with E-state index < -0.39 is 6.47 Å². The molecule has 0 aliphatic rings. The quantitative estimate of drug-likeness (QED) is 0.121. The maximum atomic E-state index is 12.3. The number of urea groups is 1. The monoisotopic (exact) mass is 537 g/mol. The fourth-order valence-corrected chi connectivity index (χ4v) is 3.74. The molecule has 218 valence electrons. The SMILES string of the molecule is CC(C)COC(=O)C[C@H](C[N+](C)(C)C)NC(=O)NCCCCCCOCCCCc1ccccc1.O=C[O-]. The summed E-state index contributed by atoms with van der Waals surface area (Å²) in [5, 5.41) is 14.1. The summed E-state index contributed by atoms with van der Waals surface area (Å²) < 4.78 is 11.7. The molecule has 0 bridgehead atoms. The van der Waals surface area contributed by atoms with Crippen LogP contribution in [0, 0.1) is 5.92 Å². The van der Waals surface area contributed by atoms with Crippen molar-refractivity contribution in [1.82, 2.24) is 10.6 Å². The van der Waals surface area contributed by atoms with Crippen LogP contribution in [0.3, 0.4) is 0 Å². The van der Waals surface area contributed by atoms with E-state index >= 15 is 0 Å². The molecule has 0 radical (unpaired) electrons. The molecule has 0 aliphatic heterocycles. The molecular formula is C29H51N3O6. The molecule has 0 spiro atoms. The Bertz CT molecular complexity index is 738. The Labute approximate surface area is 229 Å². The molecule has 0 unspecified atom stereocenters. The number of rotatable bonds is 19. The third-order valence-corrected chi connectivity index (χ3v) is 5.44. The predicted octanol–water partition coefficient (Wildman–Crippen LogP) is 2.92. The first-order valence-corrected chi connectivity index (χ1v) is 13.7. The van der Waals surface area contributed by atoms with Gasteiger partial charge in [-0.1, -0.05) is 57.0 Å². The van der Waals surface area contributed by atoms with Crippen molar-refractivity contribution in [3.63, 3.8) is 0 Å². The van der Waals surface area contributed by atoms with Gasteiger partial charge in [0.15, 0.2) is 0 Å². The van der Waals surface area contributed by atoms with Crippen molar-refractivity contribution in [3.05, 3.63) is 35.9 Å². The zero-order chi connectivity index (χ0) is 28.7. The van der Waals surface area contributed by atoms with Crippen molar-refractivity contribution in [2.75, 3.05) is 54.1 Å². The Kier molecular flexibility index (Phi) is 20.8. The number of ether oxygens (including phenoxy) is 2. The first-order valence-electron chi connectivity index (χ1n) is 13.7. The number of nitrogens with zero attached hydrogens (tertiary/aromatic N) is 1. The van der Waals surface area contributed by atoms with Crippen molar-refractivity contribution >= 4 is 18.5 Å². The Morgan fingerprint density at radius 2 is 1.58 bits per heavy atom. The van der Waals surface area contributed by atoms with E-state index in [1.54, 1.807) is 0 Å². The zero-order valence-corrected chi connectivity index (χ0v) is 24.2. The van der Waals surface area contributed by atoms with Gasteiger partial charge in [-0.2, -0.15) is 0 Å². The summed E-state index contributed by atoms with van der Waals surface area (Å²) in [7, 11) is 6.13. The van der Waals surface area contributed by atoms with Gasteiger partial charge < -0.3 is 34.5 Å². The number of carbonyl (C=O) groups excluding carboxylic acids is 3. The molecule has 2 N–H and O–H groups in total. The minimum Gasteiger partial charge on any atom is -0.554 e. The van der Waals surface area contributed by atoms with Gasteiger partial charge >= 0.3 is 12.0 Å². The second-order valence-corrected chi connectivity index (χ2v) is 10.9. The summed E-state index contributed by atoms with van der Waals surface area (Å²) in [6.07, 6.45) is 7.69. The van der Waals surface area contributed by atoms with Crippen molar-refractivity contribution in [1.29, 1.82) is 0 Å². The number of nitrogens with one attached hydrogen (secondary N) is 2. The van der Waals surface area contributed by atoms with E-state index in [1.807, 2.05) is 35.0 Å². The van der Waals surface area contributed by atoms with Crippen LogP contribution < -0.4 is 15.7 Å². The number of carbonyl (C=O) groups is 3. The highest BCUT2D eigenvalue weighted by Crippen LogP contribution is 2.06. The van der Waals surface area contributed by atoms with Crippen LogP contribution in [-0.2, 0) is 25.5 Å². The van der Waals surface area contributed by atoms with Gasteiger partial charge in [0.1, 0.15) is 0 Å². The van der Waals surface area contributed by atoms with Gasteiger partial charge in [-0.05, 0) is 43.6 Å². The van der Waals surface area contributed by atoms with Gasteiger partial charge in [0.25, 0.3) is 0 Å². The molecule has 0 fully saturated rings. The standard InChI is InChI=1S/C28H49N3O4.CH2O2/c1-24(2)23-35-27(32)21-26(22-31(3,4)5)30-28(33)29-18-12-6-7-13-19-34-20-14-11-17-25-15-9-8-10-16-25;2-1-3/h8-10,15-16,24,26H,6-7,11-14,17-23H2,1-5H3,(H-,29,30,33);1H,(H,2,3)/t26-;/m1./s1. The molecular weight excluding hydrogens is 486 g/mol. The van der Waals surface area contributed by atoms with Gasteiger partial charge in [0.2, 0.25) is 0 Å².